The zero-order chi connectivity index (χ0) is 14.1. The van der Waals surface area contributed by atoms with Gasteiger partial charge in [-0.25, -0.2) is 0 Å². The highest BCUT2D eigenvalue weighted by molar-refractivity contribution is 4.83. The summed E-state index contributed by atoms with van der Waals surface area (Å²) in [5.41, 5.74) is 0. The molecule has 0 heterocycles. The number of ether oxygens (including phenoxy) is 2. The van der Waals surface area contributed by atoms with Crippen LogP contribution in [0.2, 0.25) is 0 Å². The lowest BCUT2D eigenvalue weighted by Crippen LogP contribution is -2.43. The zero-order valence-corrected chi connectivity index (χ0v) is 13.2. The van der Waals surface area contributed by atoms with Gasteiger partial charge in [-0.2, -0.15) is 0 Å². The summed E-state index contributed by atoms with van der Waals surface area (Å²) >= 11 is 0. The SMILES string of the molecule is COCCCN(CCOC)C(C)C(C)CNC1CC1. The van der Waals surface area contributed by atoms with Crippen molar-refractivity contribution in [2.24, 2.45) is 5.92 Å². The monoisotopic (exact) mass is 272 g/mol. The van der Waals surface area contributed by atoms with Gasteiger partial charge in [0.15, 0.2) is 0 Å². The van der Waals surface area contributed by atoms with E-state index in [-0.39, 0.29) is 0 Å². The molecule has 0 bridgehead atoms. The summed E-state index contributed by atoms with van der Waals surface area (Å²) < 4.78 is 10.4. The first-order valence-corrected chi connectivity index (χ1v) is 7.64. The number of rotatable bonds is 12. The van der Waals surface area contributed by atoms with Gasteiger partial charge in [-0.1, -0.05) is 6.92 Å². The maximum Gasteiger partial charge on any atom is 0.0589 e. The van der Waals surface area contributed by atoms with E-state index in [9.17, 15) is 0 Å². The molecule has 0 radical (unpaired) electrons. The molecule has 0 aromatic heterocycles. The lowest BCUT2D eigenvalue weighted by molar-refractivity contribution is 0.0922. The molecule has 4 nitrogen and oxygen atoms in total. The molecule has 1 aliphatic carbocycles. The van der Waals surface area contributed by atoms with E-state index in [1.807, 2.05) is 0 Å². The van der Waals surface area contributed by atoms with Crippen molar-refractivity contribution in [2.75, 3.05) is 47.1 Å². The molecule has 0 amide bonds. The summed E-state index contributed by atoms with van der Waals surface area (Å²) in [6.07, 6.45) is 3.82. The third-order valence-electron chi connectivity index (χ3n) is 4.08. The Morgan fingerprint density at radius 1 is 1.11 bits per heavy atom. The Balaban J connectivity index is 2.30. The Morgan fingerprint density at radius 3 is 2.37 bits per heavy atom. The minimum atomic E-state index is 0.582. The van der Waals surface area contributed by atoms with E-state index in [0.717, 1.165) is 45.3 Å². The Bertz CT molecular complexity index is 222. The van der Waals surface area contributed by atoms with Crippen molar-refractivity contribution in [3.63, 3.8) is 0 Å². The van der Waals surface area contributed by atoms with Crippen LogP contribution in [0, 0.1) is 5.92 Å². The largest absolute Gasteiger partial charge is 0.385 e. The molecule has 0 spiro atoms. The minimum absolute atomic E-state index is 0.582. The van der Waals surface area contributed by atoms with Gasteiger partial charge < -0.3 is 14.8 Å². The Morgan fingerprint density at radius 2 is 1.79 bits per heavy atom. The van der Waals surface area contributed by atoms with Gasteiger partial charge in [0, 0.05) is 46.0 Å². The summed E-state index contributed by atoms with van der Waals surface area (Å²) in [7, 11) is 3.54. The third kappa shape index (κ3) is 7.25. The summed E-state index contributed by atoms with van der Waals surface area (Å²) in [5, 5.41) is 3.63. The molecule has 0 aliphatic heterocycles. The van der Waals surface area contributed by atoms with Crippen LogP contribution in [-0.4, -0.2) is 64.1 Å². The average molecular weight is 272 g/mol. The fraction of sp³-hybridized carbons (Fsp3) is 1.00. The molecule has 0 saturated heterocycles. The van der Waals surface area contributed by atoms with Crippen LogP contribution in [0.1, 0.15) is 33.1 Å². The number of nitrogens with zero attached hydrogens (tertiary/aromatic N) is 1. The van der Waals surface area contributed by atoms with Crippen molar-refractivity contribution in [1.29, 1.82) is 0 Å². The maximum absolute atomic E-state index is 5.23. The predicted octanol–water partition coefficient (Wildman–Crippen LogP) is 1.75. The minimum Gasteiger partial charge on any atom is -0.385 e. The number of hydrogen-bond donors (Lipinski definition) is 1. The van der Waals surface area contributed by atoms with Gasteiger partial charge in [0.25, 0.3) is 0 Å². The average Bonchev–Trinajstić information content (AvgIpc) is 3.23. The van der Waals surface area contributed by atoms with E-state index in [2.05, 4.69) is 24.1 Å². The number of nitrogens with one attached hydrogen (secondary N) is 1. The Labute approximate surface area is 118 Å². The highest BCUT2D eigenvalue weighted by Crippen LogP contribution is 2.20. The van der Waals surface area contributed by atoms with E-state index in [0.29, 0.717) is 12.0 Å². The molecule has 2 atom stereocenters. The molecule has 1 rings (SSSR count). The zero-order valence-electron chi connectivity index (χ0n) is 13.2. The molecule has 114 valence electrons. The molecule has 1 N–H and O–H groups in total. The van der Waals surface area contributed by atoms with E-state index in [4.69, 9.17) is 9.47 Å². The van der Waals surface area contributed by atoms with Gasteiger partial charge in [0.05, 0.1) is 6.61 Å². The molecular formula is C15H32N2O2. The van der Waals surface area contributed by atoms with Gasteiger partial charge in [-0.3, -0.25) is 4.90 Å². The third-order valence-corrected chi connectivity index (χ3v) is 4.08. The lowest BCUT2D eigenvalue weighted by Gasteiger charge is -2.33. The molecule has 1 saturated carbocycles. The predicted molar refractivity (Wildman–Crippen MR) is 79.6 cm³/mol. The summed E-state index contributed by atoms with van der Waals surface area (Å²) in [6, 6.07) is 1.38. The van der Waals surface area contributed by atoms with Crippen LogP contribution < -0.4 is 5.32 Å². The molecule has 2 unspecified atom stereocenters. The first-order chi connectivity index (χ1) is 9.19. The van der Waals surface area contributed by atoms with Gasteiger partial charge >= 0.3 is 0 Å². The van der Waals surface area contributed by atoms with E-state index in [1.54, 1.807) is 14.2 Å². The molecule has 19 heavy (non-hydrogen) atoms. The molecule has 4 heteroatoms. The summed E-state index contributed by atoms with van der Waals surface area (Å²) in [5.74, 6) is 0.667. The smallest absolute Gasteiger partial charge is 0.0589 e. The van der Waals surface area contributed by atoms with Crippen LogP contribution in [0.15, 0.2) is 0 Å². The normalized spacial score (nSPS) is 18.8. The topological polar surface area (TPSA) is 33.7 Å². The molecule has 0 aromatic carbocycles. The highest BCUT2D eigenvalue weighted by atomic mass is 16.5. The van der Waals surface area contributed by atoms with Gasteiger partial charge in [0.1, 0.15) is 0 Å². The molecular weight excluding hydrogens is 240 g/mol. The van der Waals surface area contributed by atoms with Crippen molar-refractivity contribution in [1.82, 2.24) is 10.2 Å². The first-order valence-electron chi connectivity index (χ1n) is 7.64. The van der Waals surface area contributed by atoms with E-state index in [1.165, 1.54) is 12.8 Å². The van der Waals surface area contributed by atoms with E-state index < -0.39 is 0 Å². The molecule has 1 aliphatic rings. The van der Waals surface area contributed by atoms with Crippen molar-refractivity contribution in [2.45, 2.75) is 45.2 Å². The van der Waals surface area contributed by atoms with Gasteiger partial charge in [-0.05, 0) is 38.6 Å². The summed E-state index contributed by atoms with van der Waals surface area (Å²) in [6.45, 7) is 9.55. The highest BCUT2D eigenvalue weighted by Gasteiger charge is 2.24. The van der Waals surface area contributed by atoms with Crippen molar-refractivity contribution >= 4 is 0 Å². The molecule has 1 fully saturated rings. The second-order valence-corrected chi connectivity index (χ2v) is 5.78. The van der Waals surface area contributed by atoms with Crippen LogP contribution in [0.5, 0.6) is 0 Å². The second-order valence-electron chi connectivity index (χ2n) is 5.78. The summed E-state index contributed by atoms with van der Waals surface area (Å²) in [4.78, 5) is 2.53. The second kappa shape index (κ2) is 9.70. The van der Waals surface area contributed by atoms with Crippen LogP contribution in [0.25, 0.3) is 0 Å². The lowest BCUT2D eigenvalue weighted by atomic mass is 10.0. The van der Waals surface area contributed by atoms with Gasteiger partial charge in [-0.15, -0.1) is 0 Å². The maximum atomic E-state index is 5.23. The van der Waals surface area contributed by atoms with Crippen molar-refractivity contribution < 1.29 is 9.47 Å². The number of methoxy groups -OCH3 is 2. The molecule has 0 aromatic rings. The Hall–Kier alpha value is -0.160. The van der Waals surface area contributed by atoms with Crippen molar-refractivity contribution in [3.8, 4) is 0 Å². The standard InChI is InChI=1S/C15H32N2O2/c1-13(12-16-15-6-7-15)14(2)17(9-11-19-4)8-5-10-18-3/h13-16H,5-12H2,1-4H3. The first kappa shape index (κ1) is 16.9. The number of hydrogen-bond acceptors (Lipinski definition) is 4. The van der Waals surface area contributed by atoms with Gasteiger partial charge in [0.2, 0.25) is 0 Å². The van der Waals surface area contributed by atoms with E-state index >= 15 is 0 Å². The van der Waals surface area contributed by atoms with Crippen LogP contribution >= 0.6 is 0 Å². The quantitative estimate of drug-likeness (QED) is 0.549. The van der Waals surface area contributed by atoms with Crippen molar-refractivity contribution in [3.05, 3.63) is 0 Å². The fourth-order valence-electron chi connectivity index (χ4n) is 2.31. The van der Waals surface area contributed by atoms with Crippen LogP contribution in [0.4, 0.5) is 0 Å². The van der Waals surface area contributed by atoms with Crippen LogP contribution in [-0.2, 0) is 9.47 Å². The Kier molecular flexibility index (Phi) is 8.62. The fourth-order valence-corrected chi connectivity index (χ4v) is 2.31. The van der Waals surface area contributed by atoms with Crippen LogP contribution in [0.3, 0.4) is 0 Å².